The summed E-state index contributed by atoms with van der Waals surface area (Å²) in [5.41, 5.74) is 2.33. The van der Waals surface area contributed by atoms with Gasteiger partial charge in [-0.25, -0.2) is 4.79 Å². The fourth-order valence-electron chi connectivity index (χ4n) is 1.95. The first kappa shape index (κ1) is 11.5. The standard InChI is InChI=1S/C15H12N2O2/c18-15-14(9-12-5-4-8-16-10-12)17(11-19-15)13-6-2-1-3-7-13/h1-10H,11H2. The van der Waals surface area contributed by atoms with Crippen molar-refractivity contribution >= 4 is 17.7 Å². The van der Waals surface area contributed by atoms with E-state index in [9.17, 15) is 4.79 Å². The van der Waals surface area contributed by atoms with Gasteiger partial charge in [-0.15, -0.1) is 0 Å². The maximum Gasteiger partial charge on any atom is 0.356 e. The van der Waals surface area contributed by atoms with Crippen LogP contribution < -0.4 is 4.90 Å². The maximum atomic E-state index is 11.8. The maximum absolute atomic E-state index is 11.8. The molecule has 4 nitrogen and oxygen atoms in total. The van der Waals surface area contributed by atoms with Crippen LogP contribution in [0.1, 0.15) is 5.56 Å². The monoisotopic (exact) mass is 252 g/mol. The van der Waals surface area contributed by atoms with Gasteiger partial charge in [-0.1, -0.05) is 24.3 Å². The van der Waals surface area contributed by atoms with Gasteiger partial charge in [0, 0.05) is 18.1 Å². The molecule has 0 amide bonds. The van der Waals surface area contributed by atoms with Crippen molar-refractivity contribution in [2.45, 2.75) is 0 Å². The molecule has 0 N–H and O–H groups in total. The lowest BCUT2D eigenvalue weighted by Crippen LogP contribution is -2.17. The smallest absolute Gasteiger partial charge is 0.356 e. The average molecular weight is 252 g/mol. The van der Waals surface area contributed by atoms with Crippen molar-refractivity contribution in [2.24, 2.45) is 0 Å². The van der Waals surface area contributed by atoms with E-state index < -0.39 is 0 Å². The molecular weight excluding hydrogens is 240 g/mol. The Kier molecular flexibility index (Phi) is 2.98. The molecule has 0 spiro atoms. The van der Waals surface area contributed by atoms with Crippen LogP contribution in [0.15, 0.2) is 60.6 Å². The molecule has 0 radical (unpaired) electrons. The zero-order valence-electron chi connectivity index (χ0n) is 10.2. The third-order valence-corrected chi connectivity index (χ3v) is 2.88. The predicted molar refractivity (Wildman–Crippen MR) is 72.1 cm³/mol. The predicted octanol–water partition coefficient (Wildman–Crippen LogP) is 2.44. The average Bonchev–Trinajstić information content (AvgIpc) is 2.82. The lowest BCUT2D eigenvalue weighted by molar-refractivity contribution is -0.134. The third kappa shape index (κ3) is 2.33. The van der Waals surface area contributed by atoms with E-state index in [-0.39, 0.29) is 12.7 Å². The summed E-state index contributed by atoms with van der Waals surface area (Å²) in [6.45, 7) is 0.245. The quantitative estimate of drug-likeness (QED) is 0.608. The second-order valence-electron chi connectivity index (χ2n) is 4.14. The number of ether oxygens (including phenoxy) is 1. The van der Waals surface area contributed by atoms with E-state index >= 15 is 0 Å². The van der Waals surface area contributed by atoms with Gasteiger partial charge in [0.1, 0.15) is 5.70 Å². The van der Waals surface area contributed by atoms with Crippen molar-refractivity contribution in [1.29, 1.82) is 0 Å². The summed E-state index contributed by atoms with van der Waals surface area (Å²) in [7, 11) is 0. The molecule has 0 aliphatic carbocycles. The van der Waals surface area contributed by atoms with E-state index in [1.807, 2.05) is 47.4 Å². The highest BCUT2D eigenvalue weighted by atomic mass is 16.6. The summed E-state index contributed by atoms with van der Waals surface area (Å²) in [6.07, 6.45) is 5.20. The second kappa shape index (κ2) is 4.94. The Bertz CT molecular complexity index is 609. The van der Waals surface area contributed by atoms with Crippen LogP contribution in [-0.4, -0.2) is 17.7 Å². The highest BCUT2D eigenvalue weighted by Crippen LogP contribution is 2.25. The van der Waals surface area contributed by atoms with E-state index in [1.165, 1.54) is 0 Å². The van der Waals surface area contributed by atoms with Crippen LogP contribution in [0, 0.1) is 0 Å². The zero-order valence-corrected chi connectivity index (χ0v) is 10.2. The molecule has 94 valence electrons. The second-order valence-corrected chi connectivity index (χ2v) is 4.14. The van der Waals surface area contributed by atoms with Gasteiger partial charge >= 0.3 is 5.97 Å². The number of cyclic esters (lactones) is 1. The van der Waals surface area contributed by atoms with E-state index in [0.29, 0.717) is 5.70 Å². The molecule has 2 heterocycles. The van der Waals surface area contributed by atoms with Gasteiger partial charge in [0.25, 0.3) is 0 Å². The fraction of sp³-hybridized carbons (Fsp3) is 0.0667. The molecule has 19 heavy (non-hydrogen) atoms. The lowest BCUT2D eigenvalue weighted by Gasteiger charge is -2.15. The Morgan fingerprint density at radius 2 is 2.00 bits per heavy atom. The van der Waals surface area contributed by atoms with Crippen LogP contribution in [0.3, 0.4) is 0 Å². The topological polar surface area (TPSA) is 42.4 Å². The Morgan fingerprint density at radius 1 is 1.16 bits per heavy atom. The first-order valence-electron chi connectivity index (χ1n) is 5.96. The summed E-state index contributed by atoms with van der Waals surface area (Å²) in [5.74, 6) is -0.312. The number of hydrogen-bond acceptors (Lipinski definition) is 4. The molecule has 1 aromatic carbocycles. The van der Waals surface area contributed by atoms with Gasteiger partial charge in [0.2, 0.25) is 0 Å². The van der Waals surface area contributed by atoms with Crippen LogP contribution in [0.2, 0.25) is 0 Å². The molecule has 0 unspecified atom stereocenters. The number of rotatable bonds is 2. The highest BCUT2D eigenvalue weighted by Gasteiger charge is 2.28. The van der Waals surface area contributed by atoms with E-state index in [0.717, 1.165) is 11.3 Å². The fourth-order valence-corrected chi connectivity index (χ4v) is 1.95. The minimum atomic E-state index is -0.312. The summed E-state index contributed by atoms with van der Waals surface area (Å²) in [4.78, 5) is 17.7. The minimum Gasteiger partial charge on any atom is -0.439 e. The van der Waals surface area contributed by atoms with Gasteiger partial charge in [0.05, 0.1) is 0 Å². The Hall–Kier alpha value is -2.62. The van der Waals surface area contributed by atoms with Crippen molar-refractivity contribution in [1.82, 2.24) is 4.98 Å². The number of nitrogens with zero attached hydrogens (tertiary/aromatic N) is 2. The van der Waals surface area contributed by atoms with E-state index in [4.69, 9.17) is 4.74 Å². The van der Waals surface area contributed by atoms with E-state index in [2.05, 4.69) is 4.98 Å². The summed E-state index contributed by atoms with van der Waals surface area (Å²) < 4.78 is 5.10. The van der Waals surface area contributed by atoms with Crippen LogP contribution in [-0.2, 0) is 9.53 Å². The number of aromatic nitrogens is 1. The van der Waals surface area contributed by atoms with Gasteiger partial charge in [-0.3, -0.25) is 4.98 Å². The number of pyridine rings is 1. The van der Waals surface area contributed by atoms with E-state index in [1.54, 1.807) is 18.5 Å². The molecule has 3 rings (SSSR count). The number of carbonyl (C=O) groups is 1. The van der Waals surface area contributed by atoms with Crippen molar-refractivity contribution in [3.05, 3.63) is 66.1 Å². The number of esters is 1. The Balaban J connectivity index is 1.98. The van der Waals surface area contributed by atoms with Crippen molar-refractivity contribution in [3.63, 3.8) is 0 Å². The largest absolute Gasteiger partial charge is 0.439 e. The molecule has 1 aliphatic heterocycles. The van der Waals surface area contributed by atoms with Crippen LogP contribution in [0.4, 0.5) is 5.69 Å². The lowest BCUT2D eigenvalue weighted by atomic mass is 10.2. The van der Waals surface area contributed by atoms with Crippen LogP contribution in [0.25, 0.3) is 6.08 Å². The highest BCUT2D eigenvalue weighted by molar-refractivity contribution is 5.99. The van der Waals surface area contributed by atoms with Gasteiger partial charge in [-0.2, -0.15) is 0 Å². The molecule has 1 aliphatic rings. The minimum absolute atomic E-state index is 0.245. The number of benzene rings is 1. The molecule has 0 saturated carbocycles. The number of hydrogen-bond donors (Lipinski definition) is 0. The normalized spacial score (nSPS) is 16.7. The molecule has 1 aromatic heterocycles. The molecule has 1 fully saturated rings. The van der Waals surface area contributed by atoms with Crippen molar-refractivity contribution < 1.29 is 9.53 Å². The molecule has 0 bridgehead atoms. The van der Waals surface area contributed by atoms with Gasteiger partial charge in [0.15, 0.2) is 6.73 Å². The first-order valence-corrected chi connectivity index (χ1v) is 5.96. The van der Waals surface area contributed by atoms with Crippen molar-refractivity contribution in [3.8, 4) is 0 Å². The number of para-hydroxylation sites is 1. The Morgan fingerprint density at radius 3 is 2.74 bits per heavy atom. The third-order valence-electron chi connectivity index (χ3n) is 2.88. The summed E-state index contributed by atoms with van der Waals surface area (Å²) in [5, 5.41) is 0. The van der Waals surface area contributed by atoms with Gasteiger partial charge < -0.3 is 9.64 Å². The van der Waals surface area contributed by atoms with Gasteiger partial charge in [-0.05, 0) is 29.8 Å². The SMILES string of the molecule is O=C1OCN(c2ccccc2)C1=Cc1cccnc1. The number of anilines is 1. The summed E-state index contributed by atoms with van der Waals surface area (Å²) >= 11 is 0. The number of carbonyl (C=O) groups excluding carboxylic acids is 1. The summed E-state index contributed by atoms with van der Waals surface area (Å²) in [6, 6.07) is 13.4. The molecule has 4 heteroatoms. The molecule has 2 aromatic rings. The Labute approximate surface area is 111 Å². The van der Waals surface area contributed by atoms with Crippen LogP contribution in [0.5, 0.6) is 0 Å². The molecule has 1 saturated heterocycles. The molecular formula is C15H12N2O2. The zero-order chi connectivity index (χ0) is 13.1. The van der Waals surface area contributed by atoms with Crippen LogP contribution >= 0.6 is 0 Å². The van der Waals surface area contributed by atoms with Crippen molar-refractivity contribution in [2.75, 3.05) is 11.6 Å². The molecule has 0 atom stereocenters. The first-order chi connectivity index (χ1) is 9.34.